The molecule has 1 saturated heterocycles. The standard InChI is InChI=1S/C23H34N2O2/c1-3-24-16-10-15-21(24)18-25(17-19-11-6-4-7-12-19)23(26)22(27-2)20-13-8-5-9-14-20/h4-6,8-9,13-14,19,21-22H,3,7,10-12,15-18H2,1-2H3/t19-,21-,22+/m0/s1. The number of ether oxygens (including phenoxy) is 1. The lowest BCUT2D eigenvalue weighted by molar-refractivity contribution is -0.144. The van der Waals surface area contributed by atoms with Crippen molar-refractivity contribution in [3.05, 3.63) is 48.0 Å². The highest BCUT2D eigenvalue weighted by Gasteiger charge is 2.32. The molecule has 1 heterocycles. The minimum atomic E-state index is -0.512. The van der Waals surface area contributed by atoms with Gasteiger partial charge in [-0.2, -0.15) is 0 Å². The van der Waals surface area contributed by atoms with Crippen molar-refractivity contribution in [2.45, 2.75) is 51.2 Å². The Bertz CT molecular complexity index is 616. The maximum atomic E-state index is 13.5. The highest BCUT2D eigenvalue weighted by Crippen LogP contribution is 2.26. The number of hydrogen-bond acceptors (Lipinski definition) is 3. The number of carbonyl (C=O) groups excluding carboxylic acids is 1. The second-order valence-corrected chi connectivity index (χ2v) is 7.84. The molecule has 1 fully saturated rings. The molecule has 0 aromatic heterocycles. The van der Waals surface area contributed by atoms with Crippen molar-refractivity contribution >= 4 is 5.91 Å². The van der Waals surface area contributed by atoms with E-state index in [1.807, 2.05) is 30.3 Å². The van der Waals surface area contributed by atoms with Crippen molar-refractivity contribution in [2.24, 2.45) is 5.92 Å². The van der Waals surface area contributed by atoms with Gasteiger partial charge in [0.2, 0.25) is 0 Å². The summed E-state index contributed by atoms with van der Waals surface area (Å²) in [6, 6.07) is 10.4. The van der Waals surface area contributed by atoms with Crippen LogP contribution in [-0.4, -0.2) is 55.0 Å². The molecular weight excluding hydrogens is 336 g/mol. The van der Waals surface area contributed by atoms with Gasteiger partial charge < -0.3 is 9.64 Å². The van der Waals surface area contributed by atoms with E-state index in [0.29, 0.717) is 12.0 Å². The van der Waals surface area contributed by atoms with Crippen molar-refractivity contribution in [2.75, 3.05) is 33.3 Å². The van der Waals surface area contributed by atoms with Gasteiger partial charge in [-0.25, -0.2) is 0 Å². The molecule has 4 heteroatoms. The second-order valence-electron chi connectivity index (χ2n) is 7.84. The van der Waals surface area contributed by atoms with Gasteiger partial charge in [-0.1, -0.05) is 49.4 Å². The van der Waals surface area contributed by atoms with E-state index < -0.39 is 6.10 Å². The Balaban J connectivity index is 1.76. The SMILES string of the molecule is CCN1CCC[C@H]1CN(C[C@H]1CC=CCC1)C(=O)[C@H](OC)c1ccccc1. The van der Waals surface area contributed by atoms with Gasteiger partial charge in [0.1, 0.15) is 0 Å². The first-order chi connectivity index (χ1) is 13.2. The Morgan fingerprint density at radius 1 is 1.22 bits per heavy atom. The smallest absolute Gasteiger partial charge is 0.256 e. The summed E-state index contributed by atoms with van der Waals surface area (Å²) in [6.45, 7) is 6.09. The first-order valence-corrected chi connectivity index (χ1v) is 10.5. The molecule has 0 radical (unpaired) electrons. The predicted molar refractivity (Wildman–Crippen MR) is 110 cm³/mol. The lowest BCUT2D eigenvalue weighted by atomic mass is 9.93. The highest BCUT2D eigenvalue weighted by molar-refractivity contribution is 5.82. The van der Waals surface area contributed by atoms with Crippen molar-refractivity contribution in [3.63, 3.8) is 0 Å². The quantitative estimate of drug-likeness (QED) is 0.648. The van der Waals surface area contributed by atoms with Gasteiger partial charge in [0, 0.05) is 26.2 Å². The molecule has 2 aliphatic rings. The summed E-state index contributed by atoms with van der Waals surface area (Å²) in [5, 5.41) is 0. The summed E-state index contributed by atoms with van der Waals surface area (Å²) < 4.78 is 5.67. The van der Waals surface area contributed by atoms with Crippen molar-refractivity contribution in [3.8, 4) is 0 Å². The molecule has 3 atom stereocenters. The molecule has 0 bridgehead atoms. The van der Waals surface area contributed by atoms with Crippen LogP contribution in [0.4, 0.5) is 0 Å². The van der Waals surface area contributed by atoms with Gasteiger partial charge >= 0.3 is 0 Å². The Labute approximate surface area is 164 Å². The van der Waals surface area contributed by atoms with Crippen LogP contribution in [0.5, 0.6) is 0 Å². The number of rotatable bonds is 8. The molecule has 3 rings (SSSR count). The van der Waals surface area contributed by atoms with E-state index in [9.17, 15) is 4.79 Å². The Morgan fingerprint density at radius 2 is 2.04 bits per heavy atom. The topological polar surface area (TPSA) is 32.8 Å². The van der Waals surface area contributed by atoms with Gasteiger partial charge in [-0.05, 0) is 56.7 Å². The average Bonchev–Trinajstić information content (AvgIpc) is 3.17. The molecule has 1 aliphatic carbocycles. The molecule has 1 aliphatic heterocycles. The van der Waals surface area contributed by atoms with Crippen LogP contribution in [0.15, 0.2) is 42.5 Å². The van der Waals surface area contributed by atoms with Gasteiger partial charge in [-0.3, -0.25) is 9.69 Å². The molecule has 0 spiro atoms. The van der Waals surface area contributed by atoms with Gasteiger partial charge in [-0.15, -0.1) is 0 Å². The number of methoxy groups -OCH3 is 1. The Hall–Kier alpha value is -1.65. The predicted octanol–water partition coefficient (Wildman–Crippen LogP) is 4.04. The van der Waals surface area contributed by atoms with E-state index in [-0.39, 0.29) is 5.91 Å². The van der Waals surface area contributed by atoms with Crippen LogP contribution >= 0.6 is 0 Å². The fourth-order valence-electron chi connectivity index (χ4n) is 4.53. The van der Waals surface area contributed by atoms with Crippen LogP contribution in [-0.2, 0) is 9.53 Å². The number of carbonyl (C=O) groups is 1. The average molecular weight is 371 g/mol. The van der Waals surface area contributed by atoms with Crippen LogP contribution in [0.1, 0.15) is 50.7 Å². The van der Waals surface area contributed by atoms with E-state index in [1.54, 1.807) is 7.11 Å². The molecule has 1 amide bonds. The fraction of sp³-hybridized carbons (Fsp3) is 0.609. The van der Waals surface area contributed by atoms with Gasteiger partial charge in [0.15, 0.2) is 6.10 Å². The minimum absolute atomic E-state index is 0.112. The lowest BCUT2D eigenvalue weighted by Crippen LogP contribution is -2.46. The Morgan fingerprint density at radius 3 is 2.70 bits per heavy atom. The number of likely N-dealkylation sites (tertiary alicyclic amines) is 1. The number of nitrogens with zero attached hydrogens (tertiary/aromatic N) is 2. The zero-order chi connectivity index (χ0) is 19.1. The summed E-state index contributed by atoms with van der Waals surface area (Å²) in [5.41, 5.74) is 0.942. The van der Waals surface area contributed by atoms with Crippen molar-refractivity contribution in [1.29, 1.82) is 0 Å². The van der Waals surface area contributed by atoms with E-state index in [1.165, 1.54) is 19.3 Å². The molecule has 148 valence electrons. The summed E-state index contributed by atoms with van der Waals surface area (Å²) in [6.07, 6.45) is 9.83. The molecule has 27 heavy (non-hydrogen) atoms. The third-order valence-electron chi connectivity index (χ3n) is 6.07. The van der Waals surface area contributed by atoms with Crippen molar-refractivity contribution < 1.29 is 9.53 Å². The number of amides is 1. The van der Waals surface area contributed by atoms with Crippen molar-refractivity contribution in [1.82, 2.24) is 9.80 Å². The number of hydrogen-bond donors (Lipinski definition) is 0. The summed E-state index contributed by atoms with van der Waals surface area (Å²) >= 11 is 0. The minimum Gasteiger partial charge on any atom is -0.367 e. The largest absolute Gasteiger partial charge is 0.367 e. The molecule has 1 aromatic rings. The monoisotopic (exact) mass is 370 g/mol. The Kier molecular flexibility index (Phi) is 7.48. The molecule has 0 unspecified atom stereocenters. The molecule has 4 nitrogen and oxygen atoms in total. The summed E-state index contributed by atoms with van der Waals surface area (Å²) in [4.78, 5) is 18.1. The number of benzene rings is 1. The fourth-order valence-corrected chi connectivity index (χ4v) is 4.53. The van der Waals surface area contributed by atoms with E-state index in [0.717, 1.165) is 44.6 Å². The van der Waals surface area contributed by atoms with Crippen LogP contribution in [0.3, 0.4) is 0 Å². The summed E-state index contributed by atoms with van der Waals surface area (Å²) in [7, 11) is 1.64. The van der Waals surface area contributed by atoms with E-state index in [4.69, 9.17) is 4.74 Å². The lowest BCUT2D eigenvalue weighted by Gasteiger charge is -2.35. The third-order valence-corrected chi connectivity index (χ3v) is 6.07. The van der Waals surface area contributed by atoms with Crippen LogP contribution < -0.4 is 0 Å². The number of likely N-dealkylation sites (N-methyl/N-ethyl adjacent to an activating group) is 1. The van der Waals surface area contributed by atoms with Gasteiger partial charge in [0.25, 0.3) is 5.91 Å². The van der Waals surface area contributed by atoms with Crippen LogP contribution in [0, 0.1) is 5.92 Å². The van der Waals surface area contributed by atoms with E-state index in [2.05, 4.69) is 28.9 Å². The second kappa shape index (κ2) is 10.0. The maximum absolute atomic E-state index is 13.5. The van der Waals surface area contributed by atoms with Crippen LogP contribution in [0.25, 0.3) is 0 Å². The molecule has 0 saturated carbocycles. The zero-order valence-electron chi connectivity index (χ0n) is 16.8. The van der Waals surface area contributed by atoms with Crippen LogP contribution in [0.2, 0.25) is 0 Å². The number of allylic oxidation sites excluding steroid dienone is 2. The first-order valence-electron chi connectivity index (χ1n) is 10.5. The third kappa shape index (κ3) is 5.20. The van der Waals surface area contributed by atoms with Gasteiger partial charge in [0.05, 0.1) is 0 Å². The first kappa shape index (κ1) is 20.1. The van der Waals surface area contributed by atoms with E-state index >= 15 is 0 Å². The maximum Gasteiger partial charge on any atom is 0.256 e. The molecular formula is C23H34N2O2. The highest BCUT2D eigenvalue weighted by atomic mass is 16.5. The molecule has 1 aromatic carbocycles. The summed E-state index contributed by atoms with van der Waals surface area (Å²) in [5.74, 6) is 0.671. The normalized spacial score (nSPS) is 24.1. The molecule has 0 N–H and O–H groups in total. The zero-order valence-corrected chi connectivity index (χ0v) is 16.8.